The maximum Gasteiger partial charge on any atom is 0.123 e. The highest BCUT2D eigenvalue weighted by molar-refractivity contribution is 5.16. The molecule has 1 atom stereocenters. The first kappa shape index (κ1) is 14.4. The summed E-state index contributed by atoms with van der Waals surface area (Å²) in [5.74, 6) is -0.146. The molecule has 1 aliphatic rings. The third kappa shape index (κ3) is 5.27. The van der Waals surface area contributed by atoms with E-state index in [1.165, 1.54) is 6.07 Å². The number of rotatable bonds is 6. The topological polar surface area (TPSA) is 27.3 Å². The van der Waals surface area contributed by atoms with Gasteiger partial charge in [0.25, 0.3) is 0 Å². The monoisotopic (exact) mass is 265 g/mol. The van der Waals surface area contributed by atoms with E-state index in [2.05, 4.69) is 22.6 Å². The first-order chi connectivity index (χ1) is 9.24. The molecule has 0 saturated carbocycles. The molecule has 1 aliphatic heterocycles. The Hall–Kier alpha value is -0.970. The summed E-state index contributed by atoms with van der Waals surface area (Å²) in [6.45, 7) is 5.28. The molecule has 106 valence electrons. The number of hydrogen-bond acceptors (Lipinski definition) is 3. The zero-order valence-electron chi connectivity index (χ0n) is 11.7. The Kier molecular flexibility index (Phi) is 5.76. The van der Waals surface area contributed by atoms with Crippen LogP contribution in [0.1, 0.15) is 12.0 Å². The molecule has 2 N–H and O–H groups in total. The molecule has 1 fully saturated rings. The quantitative estimate of drug-likeness (QED) is 0.758. The highest BCUT2D eigenvalue weighted by Crippen LogP contribution is 2.04. The van der Waals surface area contributed by atoms with Gasteiger partial charge in [-0.1, -0.05) is 12.1 Å². The average Bonchev–Trinajstić information content (AvgIpc) is 2.38. The normalized spacial score (nSPS) is 20.6. The Labute approximate surface area is 115 Å². The molecule has 4 heteroatoms. The van der Waals surface area contributed by atoms with Gasteiger partial charge in [0.05, 0.1) is 0 Å². The molecule has 2 rings (SSSR count). The van der Waals surface area contributed by atoms with E-state index in [0.717, 1.165) is 51.1 Å². The number of hydrogen-bond donors (Lipinski definition) is 2. The lowest BCUT2D eigenvalue weighted by Gasteiger charge is -2.30. The molecule has 1 heterocycles. The number of benzene rings is 1. The van der Waals surface area contributed by atoms with Gasteiger partial charge in [0.1, 0.15) is 5.82 Å². The van der Waals surface area contributed by atoms with Gasteiger partial charge in [-0.3, -0.25) is 0 Å². The lowest BCUT2D eigenvalue weighted by molar-refractivity contribution is 0.231. The molecule has 1 aromatic carbocycles. The van der Waals surface area contributed by atoms with E-state index in [1.807, 2.05) is 6.07 Å². The molecule has 1 unspecified atom stereocenters. The Morgan fingerprint density at radius 2 is 2.32 bits per heavy atom. The van der Waals surface area contributed by atoms with Crippen LogP contribution in [0.5, 0.6) is 0 Å². The van der Waals surface area contributed by atoms with Gasteiger partial charge >= 0.3 is 0 Å². The van der Waals surface area contributed by atoms with E-state index in [1.54, 1.807) is 12.1 Å². The first-order valence-electron chi connectivity index (χ1n) is 7.11. The lowest BCUT2D eigenvalue weighted by Crippen LogP contribution is -2.49. The minimum absolute atomic E-state index is 0.146. The van der Waals surface area contributed by atoms with Crippen LogP contribution < -0.4 is 10.6 Å². The zero-order chi connectivity index (χ0) is 13.5. The van der Waals surface area contributed by atoms with Crippen molar-refractivity contribution in [1.82, 2.24) is 15.5 Å². The SMILES string of the molecule is CN1CCNC(CCNCCc2cccc(F)c2)C1. The second-order valence-electron chi connectivity index (χ2n) is 5.33. The summed E-state index contributed by atoms with van der Waals surface area (Å²) in [6.07, 6.45) is 2.03. The van der Waals surface area contributed by atoms with Crippen molar-refractivity contribution in [3.8, 4) is 0 Å². The molecule has 1 aromatic rings. The molecular weight excluding hydrogens is 241 g/mol. The van der Waals surface area contributed by atoms with Crippen LogP contribution in [0, 0.1) is 5.82 Å². The minimum atomic E-state index is -0.146. The van der Waals surface area contributed by atoms with E-state index in [0.29, 0.717) is 6.04 Å². The first-order valence-corrected chi connectivity index (χ1v) is 7.11. The van der Waals surface area contributed by atoms with Gasteiger partial charge in [0, 0.05) is 25.7 Å². The Balaban J connectivity index is 1.57. The number of nitrogens with one attached hydrogen (secondary N) is 2. The summed E-state index contributed by atoms with van der Waals surface area (Å²) in [5, 5.41) is 6.97. The van der Waals surface area contributed by atoms with Gasteiger partial charge in [0.15, 0.2) is 0 Å². The van der Waals surface area contributed by atoms with Gasteiger partial charge in [-0.05, 0) is 50.7 Å². The molecular formula is C15H24FN3. The second-order valence-corrected chi connectivity index (χ2v) is 5.33. The van der Waals surface area contributed by atoms with Crippen LogP contribution in [0.3, 0.4) is 0 Å². The summed E-state index contributed by atoms with van der Waals surface area (Å²) in [5.41, 5.74) is 1.06. The van der Waals surface area contributed by atoms with Crippen molar-refractivity contribution in [1.29, 1.82) is 0 Å². The lowest BCUT2D eigenvalue weighted by atomic mass is 10.1. The van der Waals surface area contributed by atoms with Crippen LogP contribution in [-0.4, -0.2) is 50.7 Å². The molecule has 0 radical (unpaired) electrons. The van der Waals surface area contributed by atoms with Crippen LogP contribution in [0.25, 0.3) is 0 Å². The fourth-order valence-corrected chi connectivity index (χ4v) is 2.51. The Morgan fingerprint density at radius 3 is 3.11 bits per heavy atom. The average molecular weight is 265 g/mol. The molecule has 0 amide bonds. The number of piperazine rings is 1. The van der Waals surface area contributed by atoms with Crippen molar-refractivity contribution in [2.75, 3.05) is 39.8 Å². The molecule has 0 aromatic heterocycles. The zero-order valence-corrected chi connectivity index (χ0v) is 11.7. The fourth-order valence-electron chi connectivity index (χ4n) is 2.51. The minimum Gasteiger partial charge on any atom is -0.316 e. The molecule has 19 heavy (non-hydrogen) atoms. The fraction of sp³-hybridized carbons (Fsp3) is 0.600. The summed E-state index contributed by atoms with van der Waals surface area (Å²) >= 11 is 0. The highest BCUT2D eigenvalue weighted by atomic mass is 19.1. The molecule has 0 aliphatic carbocycles. The Morgan fingerprint density at radius 1 is 1.42 bits per heavy atom. The smallest absolute Gasteiger partial charge is 0.123 e. The van der Waals surface area contributed by atoms with Crippen molar-refractivity contribution >= 4 is 0 Å². The second kappa shape index (κ2) is 7.58. The van der Waals surface area contributed by atoms with Crippen LogP contribution >= 0.6 is 0 Å². The third-order valence-corrected chi connectivity index (χ3v) is 3.61. The van der Waals surface area contributed by atoms with Gasteiger partial charge in [0.2, 0.25) is 0 Å². The van der Waals surface area contributed by atoms with E-state index < -0.39 is 0 Å². The summed E-state index contributed by atoms with van der Waals surface area (Å²) < 4.78 is 13.0. The van der Waals surface area contributed by atoms with Crippen molar-refractivity contribution in [3.05, 3.63) is 35.6 Å². The maximum absolute atomic E-state index is 13.0. The number of halogens is 1. The Bertz CT molecular complexity index is 383. The predicted molar refractivity (Wildman–Crippen MR) is 76.9 cm³/mol. The van der Waals surface area contributed by atoms with Crippen LogP contribution in [0.15, 0.2) is 24.3 Å². The van der Waals surface area contributed by atoms with Crippen molar-refractivity contribution in [2.24, 2.45) is 0 Å². The largest absolute Gasteiger partial charge is 0.316 e. The van der Waals surface area contributed by atoms with Crippen LogP contribution in [-0.2, 0) is 6.42 Å². The number of nitrogens with zero attached hydrogens (tertiary/aromatic N) is 1. The van der Waals surface area contributed by atoms with Crippen LogP contribution in [0.4, 0.5) is 4.39 Å². The van der Waals surface area contributed by atoms with E-state index >= 15 is 0 Å². The molecule has 3 nitrogen and oxygen atoms in total. The predicted octanol–water partition coefficient (Wildman–Crippen LogP) is 1.25. The third-order valence-electron chi connectivity index (χ3n) is 3.61. The molecule has 1 saturated heterocycles. The van der Waals surface area contributed by atoms with Crippen molar-refractivity contribution in [2.45, 2.75) is 18.9 Å². The van der Waals surface area contributed by atoms with Crippen LogP contribution in [0.2, 0.25) is 0 Å². The van der Waals surface area contributed by atoms with Gasteiger partial charge in [-0.25, -0.2) is 4.39 Å². The van der Waals surface area contributed by atoms with E-state index in [9.17, 15) is 4.39 Å². The highest BCUT2D eigenvalue weighted by Gasteiger charge is 2.15. The standard InChI is InChI=1S/C15H24FN3/c1-19-10-9-18-15(12-19)6-8-17-7-5-13-3-2-4-14(16)11-13/h2-4,11,15,17-18H,5-10,12H2,1H3. The van der Waals surface area contributed by atoms with E-state index in [4.69, 9.17) is 0 Å². The van der Waals surface area contributed by atoms with Gasteiger partial charge in [-0.15, -0.1) is 0 Å². The summed E-state index contributed by atoms with van der Waals surface area (Å²) in [4.78, 5) is 2.37. The number of likely N-dealkylation sites (N-methyl/N-ethyl adjacent to an activating group) is 1. The van der Waals surface area contributed by atoms with E-state index in [-0.39, 0.29) is 5.82 Å². The molecule has 0 spiro atoms. The molecule has 0 bridgehead atoms. The summed E-state index contributed by atoms with van der Waals surface area (Å²) in [6, 6.07) is 7.44. The van der Waals surface area contributed by atoms with Gasteiger partial charge < -0.3 is 15.5 Å². The summed E-state index contributed by atoms with van der Waals surface area (Å²) in [7, 11) is 2.17. The van der Waals surface area contributed by atoms with Gasteiger partial charge in [-0.2, -0.15) is 0 Å². The maximum atomic E-state index is 13.0. The van der Waals surface area contributed by atoms with Crippen molar-refractivity contribution < 1.29 is 4.39 Å². The van der Waals surface area contributed by atoms with Crippen molar-refractivity contribution in [3.63, 3.8) is 0 Å².